The van der Waals surface area contributed by atoms with Crippen LogP contribution in [0.1, 0.15) is 5.56 Å². The van der Waals surface area contributed by atoms with E-state index >= 15 is 0 Å². The van der Waals surface area contributed by atoms with Crippen molar-refractivity contribution in [2.24, 2.45) is 5.10 Å². The molecule has 0 fully saturated rings. The van der Waals surface area contributed by atoms with Gasteiger partial charge < -0.3 is 5.11 Å². The zero-order chi connectivity index (χ0) is 15.4. The normalized spacial score (nSPS) is 10.8. The summed E-state index contributed by atoms with van der Waals surface area (Å²) >= 11 is 3.16. The average molecular weight is 354 g/mol. The lowest BCUT2D eigenvalue weighted by molar-refractivity contribution is -0.384. The lowest BCUT2D eigenvalue weighted by Gasteiger charge is -2.03. The average Bonchev–Trinajstić information content (AvgIpc) is 2.43. The third-order valence-electron chi connectivity index (χ3n) is 2.54. The van der Waals surface area contributed by atoms with Crippen molar-refractivity contribution in [3.8, 4) is 5.75 Å². The number of halogens is 2. The molecule has 2 aromatic carbocycles. The number of nitro benzene ring substituents is 1. The highest BCUT2D eigenvalue weighted by atomic mass is 79.9. The predicted octanol–water partition coefficient (Wildman–Crippen LogP) is 3.65. The molecule has 0 aliphatic rings. The van der Waals surface area contributed by atoms with Crippen LogP contribution in [0.3, 0.4) is 0 Å². The van der Waals surface area contributed by atoms with Crippen molar-refractivity contribution in [3.63, 3.8) is 0 Å². The molecule has 6 nitrogen and oxygen atoms in total. The zero-order valence-corrected chi connectivity index (χ0v) is 12.0. The molecule has 0 unspecified atom stereocenters. The van der Waals surface area contributed by atoms with E-state index in [0.29, 0.717) is 10.2 Å². The number of nitrogens with one attached hydrogen (secondary N) is 1. The van der Waals surface area contributed by atoms with E-state index in [0.717, 1.165) is 0 Å². The molecule has 0 saturated carbocycles. The van der Waals surface area contributed by atoms with Gasteiger partial charge in [0.2, 0.25) is 0 Å². The molecule has 8 heteroatoms. The third kappa shape index (κ3) is 3.76. The number of nitro groups is 1. The van der Waals surface area contributed by atoms with Gasteiger partial charge in [-0.2, -0.15) is 5.10 Å². The second-order valence-electron chi connectivity index (χ2n) is 3.99. The third-order valence-corrected chi connectivity index (χ3v) is 3.20. The lowest BCUT2D eigenvalue weighted by atomic mass is 10.2. The Labute approximate surface area is 127 Å². The minimum absolute atomic E-state index is 0.135. The van der Waals surface area contributed by atoms with Crippen molar-refractivity contribution in [2.75, 3.05) is 5.43 Å². The Morgan fingerprint density at radius 3 is 2.76 bits per heavy atom. The van der Waals surface area contributed by atoms with E-state index in [1.54, 1.807) is 0 Å². The number of phenolic OH excluding ortho intramolecular Hbond substituents is 1. The molecule has 2 rings (SSSR count). The number of benzene rings is 2. The summed E-state index contributed by atoms with van der Waals surface area (Å²) in [5, 5.41) is 24.1. The molecular weight excluding hydrogens is 345 g/mol. The topological polar surface area (TPSA) is 87.8 Å². The monoisotopic (exact) mass is 353 g/mol. The van der Waals surface area contributed by atoms with Gasteiger partial charge in [-0.25, -0.2) is 4.39 Å². The molecular formula is C13H9BrFN3O3. The van der Waals surface area contributed by atoms with Gasteiger partial charge in [-0.15, -0.1) is 0 Å². The van der Waals surface area contributed by atoms with Gasteiger partial charge >= 0.3 is 0 Å². The SMILES string of the molecule is O=[N+]([O-])c1ccc(O)c(/C=N\Nc2ccc(F)cc2Br)c1. The second-order valence-corrected chi connectivity index (χ2v) is 4.85. The molecule has 0 heterocycles. The van der Waals surface area contributed by atoms with Crippen LogP contribution in [-0.4, -0.2) is 16.2 Å². The maximum atomic E-state index is 12.9. The van der Waals surface area contributed by atoms with Crippen molar-refractivity contribution in [1.29, 1.82) is 0 Å². The Morgan fingerprint density at radius 1 is 1.33 bits per heavy atom. The van der Waals surface area contributed by atoms with Crippen LogP contribution in [0, 0.1) is 15.9 Å². The number of hydrogen-bond acceptors (Lipinski definition) is 5. The Kier molecular flexibility index (Phi) is 4.49. The second kappa shape index (κ2) is 6.31. The quantitative estimate of drug-likeness (QED) is 0.498. The Balaban J connectivity index is 2.17. The highest BCUT2D eigenvalue weighted by Gasteiger charge is 2.08. The fraction of sp³-hybridized carbons (Fsp3) is 0. The predicted molar refractivity (Wildman–Crippen MR) is 80.1 cm³/mol. The summed E-state index contributed by atoms with van der Waals surface area (Å²) in [4.78, 5) is 10.1. The molecule has 0 amide bonds. The Bertz CT molecular complexity index is 722. The minimum Gasteiger partial charge on any atom is -0.507 e. The summed E-state index contributed by atoms with van der Waals surface area (Å²) in [6, 6.07) is 7.60. The summed E-state index contributed by atoms with van der Waals surface area (Å²) in [6.45, 7) is 0. The van der Waals surface area contributed by atoms with E-state index in [2.05, 4.69) is 26.5 Å². The van der Waals surface area contributed by atoms with E-state index in [1.165, 1.54) is 42.6 Å². The molecule has 0 atom stereocenters. The largest absolute Gasteiger partial charge is 0.507 e. The molecule has 2 N–H and O–H groups in total. The van der Waals surface area contributed by atoms with Gasteiger partial charge in [0.25, 0.3) is 5.69 Å². The highest BCUT2D eigenvalue weighted by Crippen LogP contribution is 2.24. The van der Waals surface area contributed by atoms with E-state index in [9.17, 15) is 19.6 Å². The van der Waals surface area contributed by atoms with Crippen LogP contribution in [0.5, 0.6) is 5.75 Å². The summed E-state index contributed by atoms with van der Waals surface area (Å²) in [5.74, 6) is -0.531. The molecule has 21 heavy (non-hydrogen) atoms. The molecule has 0 saturated heterocycles. The number of hydrogen-bond donors (Lipinski definition) is 2. The van der Waals surface area contributed by atoms with Gasteiger partial charge in [0.1, 0.15) is 11.6 Å². The van der Waals surface area contributed by atoms with Crippen LogP contribution in [0.25, 0.3) is 0 Å². The summed E-state index contributed by atoms with van der Waals surface area (Å²) in [5.41, 5.74) is 3.19. The standard InChI is InChI=1S/C13H9BrFN3O3/c14-11-6-9(15)1-3-12(11)17-16-7-8-5-10(18(20)21)2-4-13(8)19/h1-7,17,19H/b16-7-. The number of rotatable bonds is 4. The summed E-state index contributed by atoms with van der Waals surface area (Å²) in [7, 11) is 0. The minimum atomic E-state index is -0.569. The van der Waals surface area contributed by atoms with Gasteiger partial charge in [-0.3, -0.25) is 15.5 Å². The van der Waals surface area contributed by atoms with Crippen LogP contribution in [0.2, 0.25) is 0 Å². The van der Waals surface area contributed by atoms with Crippen LogP contribution in [0.15, 0.2) is 46.0 Å². The molecule has 0 bridgehead atoms. The molecule has 0 aliphatic carbocycles. The molecule has 0 aromatic heterocycles. The van der Waals surface area contributed by atoms with E-state index in [4.69, 9.17) is 0 Å². The smallest absolute Gasteiger partial charge is 0.270 e. The number of non-ortho nitro benzene ring substituents is 1. The van der Waals surface area contributed by atoms with Gasteiger partial charge in [0.15, 0.2) is 0 Å². The van der Waals surface area contributed by atoms with Crippen molar-refractivity contribution in [3.05, 3.63) is 62.4 Å². The van der Waals surface area contributed by atoms with Gasteiger partial charge in [-0.1, -0.05) is 0 Å². The first-order chi connectivity index (χ1) is 9.97. The van der Waals surface area contributed by atoms with Crippen LogP contribution in [-0.2, 0) is 0 Å². The molecule has 0 spiro atoms. The van der Waals surface area contributed by atoms with Gasteiger partial charge in [0, 0.05) is 22.2 Å². The molecule has 2 aromatic rings. The van der Waals surface area contributed by atoms with Crippen molar-refractivity contribution < 1.29 is 14.4 Å². The van der Waals surface area contributed by atoms with E-state index < -0.39 is 10.7 Å². The number of nitrogens with zero attached hydrogens (tertiary/aromatic N) is 2. The van der Waals surface area contributed by atoms with Crippen molar-refractivity contribution >= 4 is 33.5 Å². The number of anilines is 1. The van der Waals surface area contributed by atoms with Gasteiger partial charge in [-0.05, 0) is 40.2 Å². The van der Waals surface area contributed by atoms with Crippen LogP contribution in [0.4, 0.5) is 15.8 Å². The van der Waals surface area contributed by atoms with Gasteiger partial charge in [0.05, 0.1) is 16.8 Å². The fourth-order valence-electron chi connectivity index (χ4n) is 1.51. The number of phenols is 1. The highest BCUT2D eigenvalue weighted by molar-refractivity contribution is 9.10. The molecule has 0 aliphatic heterocycles. The molecule has 0 radical (unpaired) electrons. The first-order valence-corrected chi connectivity index (χ1v) is 6.48. The number of hydrazone groups is 1. The van der Waals surface area contributed by atoms with Crippen LogP contribution < -0.4 is 5.43 Å². The van der Waals surface area contributed by atoms with Crippen molar-refractivity contribution in [1.82, 2.24) is 0 Å². The first-order valence-electron chi connectivity index (χ1n) is 5.69. The zero-order valence-electron chi connectivity index (χ0n) is 10.5. The first kappa shape index (κ1) is 14.9. The maximum Gasteiger partial charge on any atom is 0.270 e. The Morgan fingerprint density at radius 2 is 2.10 bits per heavy atom. The fourth-order valence-corrected chi connectivity index (χ4v) is 1.95. The van der Waals surface area contributed by atoms with E-state index in [-0.39, 0.29) is 17.0 Å². The maximum absolute atomic E-state index is 12.9. The summed E-state index contributed by atoms with van der Waals surface area (Å²) in [6.07, 6.45) is 1.23. The van der Waals surface area contributed by atoms with Crippen molar-refractivity contribution in [2.45, 2.75) is 0 Å². The van der Waals surface area contributed by atoms with E-state index in [1.807, 2.05) is 0 Å². The molecule has 108 valence electrons. The summed E-state index contributed by atoms with van der Waals surface area (Å²) < 4.78 is 13.4. The number of aromatic hydroxyl groups is 1. The lowest BCUT2D eigenvalue weighted by Crippen LogP contribution is -1.94. The van der Waals surface area contributed by atoms with Crippen LogP contribution >= 0.6 is 15.9 Å². The Hall–Kier alpha value is -2.48.